The van der Waals surface area contributed by atoms with Crippen molar-refractivity contribution >= 4 is 5.97 Å². The molecular weight excluding hydrogens is 130 g/mol. The van der Waals surface area contributed by atoms with E-state index in [9.17, 15) is 4.79 Å². The molecule has 0 saturated carbocycles. The smallest absolute Gasteiger partial charge is 0.305 e. The highest BCUT2D eigenvalue weighted by Gasteiger charge is 2.17. The third-order valence-corrected chi connectivity index (χ3v) is 1.60. The predicted octanol–water partition coefficient (Wildman–Crippen LogP) is 0.301. The molecule has 0 aliphatic carbocycles. The summed E-state index contributed by atoms with van der Waals surface area (Å²) in [7, 11) is 0. The third-order valence-electron chi connectivity index (χ3n) is 1.60. The van der Waals surface area contributed by atoms with Crippen molar-refractivity contribution in [1.82, 2.24) is 5.32 Å². The van der Waals surface area contributed by atoms with E-state index in [1.54, 1.807) is 0 Å². The monoisotopic (exact) mass is 143 g/mol. The van der Waals surface area contributed by atoms with Crippen LogP contribution in [0, 0.1) is 0 Å². The summed E-state index contributed by atoms with van der Waals surface area (Å²) >= 11 is 0. The van der Waals surface area contributed by atoms with Crippen LogP contribution in [0.15, 0.2) is 0 Å². The van der Waals surface area contributed by atoms with Crippen LogP contribution in [0.5, 0.6) is 0 Å². The van der Waals surface area contributed by atoms with Crippen LogP contribution in [0.25, 0.3) is 0 Å². The second-order valence-corrected chi connectivity index (χ2v) is 2.46. The Morgan fingerprint density at radius 2 is 2.60 bits per heavy atom. The first-order valence-corrected chi connectivity index (χ1v) is 3.73. The van der Waals surface area contributed by atoms with E-state index in [1.807, 2.05) is 6.92 Å². The molecule has 1 saturated heterocycles. The molecule has 0 aromatic heterocycles. The van der Waals surface area contributed by atoms with E-state index in [-0.39, 0.29) is 12.1 Å². The van der Waals surface area contributed by atoms with E-state index >= 15 is 0 Å². The summed E-state index contributed by atoms with van der Waals surface area (Å²) < 4.78 is 5.06. The summed E-state index contributed by atoms with van der Waals surface area (Å²) in [5.74, 6) is -0.0892. The fourth-order valence-electron chi connectivity index (χ4n) is 0.998. The number of nitrogens with one attached hydrogen (secondary N) is 1. The van der Waals surface area contributed by atoms with E-state index in [0.717, 1.165) is 19.5 Å². The number of carbonyl (C=O) groups is 1. The van der Waals surface area contributed by atoms with Gasteiger partial charge in [-0.05, 0) is 13.0 Å². The summed E-state index contributed by atoms with van der Waals surface area (Å²) in [5.41, 5.74) is 0. The summed E-state index contributed by atoms with van der Waals surface area (Å²) in [6.45, 7) is 3.61. The highest BCUT2D eigenvalue weighted by atomic mass is 16.5. The molecule has 0 bridgehead atoms. The molecule has 0 aromatic carbocycles. The standard InChI is InChI=1S/C7H13NO2/c1-2-7(9)10-6-3-4-8-5-6/h6,8H,2-5H2,1H3/t6-/m0/s1. The van der Waals surface area contributed by atoms with Crippen molar-refractivity contribution in [1.29, 1.82) is 0 Å². The van der Waals surface area contributed by atoms with E-state index in [0.29, 0.717) is 6.42 Å². The summed E-state index contributed by atoms with van der Waals surface area (Å²) in [6, 6.07) is 0. The highest BCUT2D eigenvalue weighted by Crippen LogP contribution is 2.03. The van der Waals surface area contributed by atoms with E-state index in [1.165, 1.54) is 0 Å². The Hall–Kier alpha value is -0.570. The number of carbonyl (C=O) groups excluding carboxylic acids is 1. The van der Waals surface area contributed by atoms with Crippen LogP contribution in [0.3, 0.4) is 0 Å². The topological polar surface area (TPSA) is 38.3 Å². The molecule has 1 aliphatic heterocycles. The van der Waals surface area contributed by atoms with Gasteiger partial charge in [0, 0.05) is 13.0 Å². The van der Waals surface area contributed by atoms with Crippen LogP contribution in [0.4, 0.5) is 0 Å². The zero-order chi connectivity index (χ0) is 7.40. The molecule has 0 unspecified atom stereocenters. The number of hydrogen-bond donors (Lipinski definition) is 1. The molecule has 3 heteroatoms. The molecule has 1 aliphatic rings. The van der Waals surface area contributed by atoms with Crippen molar-refractivity contribution in [3.8, 4) is 0 Å². The van der Waals surface area contributed by atoms with Gasteiger partial charge in [-0.15, -0.1) is 0 Å². The van der Waals surface area contributed by atoms with Crippen molar-refractivity contribution in [3.05, 3.63) is 0 Å². The van der Waals surface area contributed by atoms with Crippen LogP contribution in [-0.2, 0) is 9.53 Å². The second-order valence-electron chi connectivity index (χ2n) is 2.46. The maximum absolute atomic E-state index is 10.7. The fourth-order valence-corrected chi connectivity index (χ4v) is 0.998. The lowest BCUT2D eigenvalue weighted by Gasteiger charge is -2.08. The molecule has 0 spiro atoms. The Morgan fingerprint density at radius 1 is 1.80 bits per heavy atom. The van der Waals surface area contributed by atoms with E-state index in [4.69, 9.17) is 4.74 Å². The Morgan fingerprint density at radius 3 is 3.10 bits per heavy atom. The van der Waals surface area contributed by atoms with Crippen molar-refractivity contribution in [2.45, 2.75) is 25.9 Å². The Labute approximate surface area is 60.7 Å². The Kier molecular flexibility index (Phi) is 2.68. The van der Waals surface area contributed by atoms with Gasteiger partial charge in [0.15, 0.2) is 0 Å². The van der Waals surface area contributed by atoms with Gasteiger partial charge in [0.25, 0.3) is 0 Å². The first-order valence-electron chi connectivity index (χ1n) is 3.73. The number of rotatable bonds is 2. The van der Waals surface area contributed by atoms with Gasteiger partial charge in [0.05, 0.1) is 0 Å². The number of ether oxygens (including phenoxy) is 1. The minimum atomic E-state index is -0.0892. The van der Waals surface area contributed by atoms with Gasteiger partial charge in [-0.1, -0.05) is 6.92 Å². The van der Waals surface area contributed by atoms with Crippen molar-refractivity contribution in [2.75, 3.05) is 13.1 Å². The van der Waals surface area contributed by atoms with Gasteiger partial charge in [-0.2, -0.15) is 0 Å². The summed E-state index contributed by atoms with van der Waals surface area (Å²) in [6.07, 6.45) is 1.58. The summed E-state index contributed by atoms with van der Waals surface area (Å²) in [5, 5.41) is 3.12. The zero-order valence-corrected chi connectivity index (χ0v) is 6.22. The van der Waals surface area contributed by atoms with Crippen LogP contribution in [0.1, 0.15) is 19.8 Å². The molecule has 1 atom stereocenters. The lowest BCUT2D eigenvalue weighted by molar-refractivity contribution is -0.147. The second kappa shape index (κ2) is 3.56. The van der Waals surface area contributed by atoms with Crippen molar-refractivity contribution in [2.24, 2.45) is 0 Å². The molecule has 0 aromatic rings. The first-order chi connectivity index (χ1) is 4.83. The lowest BCUT2D eigenvalue weighted by atomic mass is 10.3. The van der Waals surface area contributed by atoms with Crippen LogP contribution in [-0.4, -0.2) is 25.2 Å². The zero-order valence-electron chi connectivity index (χ0n) is 6.22. The van der Waals surface area contributed by atoms with E-state index < -0.39 is 0 Å². The summed E-state index contributed by atoms with van der Waals surface area (Å²) in [4.78, 5) is 10.7. The maximum atomic E-state index is 10.7. The van der Waals surface area contributed by atoms with Crippen molar-refractivity contribution in [3.63, 3.8) is 0 Å². The van der Waals surface area contributed by atoms with Gasteiger partial charge < -0.3 is 10.1 Å². The molecule has 58 valence electrons. The maximum Gasteiger partial charge on any atom is 0.305 e. The molecule has 3 nitrogen and oxygen atoms in total. The van der Waals surface area contributed by atoms with Crippen molar-refractivity contribution < 1.29 is 9.53 Å². The lowest BCUT2D eigenvalue weighted by Crippen LogP contribution is -2.20. The fraction of sp³-hybridized carbons (Fsp3) is 0.857. The largest absolute Gasteiger partial charge is 0.461 e. The molecule has 0 amide bonds. The quantitative estimate of drug-likeness (QED) is 0.565. The average Bonchev–Trinajstić information content (AvgIpc) is 2.40. The van der Waals surface area contributed by atoms with E-state index in [2.05, 4.69) is 5.32 Å². The Balaban J connectivity index is 2.17. The Bertz CT molecular complexity index is 119. The molecule has 10 heavy (non-hydrogen) atoms. The van der Waals surface area contributed by atoms with Crippen LogP contribution >= 0.6 is 0 Å². The molecule has 0 radical (unpaired) electrons. The molecule has 1 rings (SSSR count). The third kappa shape index (κ3) is 1.99. The van der Waals surface area contributed by atoms with Gasteiger partial charge in [-0.3, -0.25) is 4.79 Å². The molecule has 1 fully saturated rings. The van der Waals surface area contributed by atoms with Gasteiger partial charge >= 0.3 is 5.97 Å². The molecule has 1 heterocycles. The van der Waals surface area contributed by atoms with Gasteiger partial charge in [0.1, 0.15) is 6.10 Å². The SMILES string of the molecule is CCC(=O)O[C@H]1CCNC1. The van der Waals surface area contributed by atoms with Crippen LogP contribution in [0.2, 0.25) is 0 Å². The minimum absolute atomic E-state index is 0.0892. The molecular formula is C7H13NO2. The predicted molar refractivity (Wildman–Crippen MR) is 37.7 cm³/mol. The average molecular weight is 143 g/mol. The molecule has 1 N–H and O–H groups in total. The number of hydrogen-bond acceptors (Lipinski definition) is 3. The number of esters is 1. The van der Waals surface area contributed by atoms with Crippen LogP contribution < -0.4 is 5.32 Å². The first kappa shape index (κ1) is 7.54. The minimum Gasteiger partial charge on any atom is -0.461 e. The van der Waals surface area contributed by atoms with Gasteiger partial charge in [-0.25, -0.2) is 0 Å². The normalized spacial score (nSPS) is 24.7. The highest BCUT2D eigenvalue weighted by molar-refractivity contribution is 5.69. The van der Waals surface area contributed by atoms with Gasteiger partial charge in [0.2, 0.25) is 0 Å².